The summed E-state index contributed by atoms with van der Waals surface area (Å²) in [6.45, 7) is 3.98. The number of thiazole rings is 1. The molecule has 1 aromatic carbocycles. The maximum atomic E-state index is 12.8. The lowest BCUT2D eigenvalue weighted by molar-refractivity contribution is 0.102. The Kier molecular flexibility index (Phi) is 4.99. The van der Waals surface area contributed by atoms with Crippen LogP contribution in [0.15, 0.2) is 60.2 Å². The van der Waals surface area contributed by atoms with Crippen LogP contribution in [0.5, 0.6) is 0 Å². The molecular weight excluding hydrogens is 370 g/mol. The number of anilines is 1. The molecule has 1 amide bonds. The van der Waals surface area contributed by atoms with E-state index < -0.39 is 0 Å². The van der Waals surface area contributed by atoms with Crippen molar-refractivity contribution in [3.8, 4) is 17.1 Å². The molecule has 0 aliphatic carbocycles. The zero-order valence-electron chi connectivity index (χ0n) is 15.6. The third kappa shape index (κ3) is 3.57. The van der Waals surface area contributed by atoms with E-state index in [1.165, 1.54) is 0 Å². The van der Waals surface area contributed by atoms with Gasteiger partial charge in [-0.05, 0) is 37.6 Å². The van der Waals surface area contributed by atoms with E-state index in [1.54, 1.807) is 28.4 Å². The SMILES string of the molecule is CCc1c(C(=O)Nc2ccc(-c3csc(C)n3)cc2)cnn1-c1ccccn1. The van der Waals surface area contributed by atoms with Gasteiger partial charge in [0.25, 0.3) is 5.91 Å². The lowest BCUT2D eigenvalue weighted by Gasteiger charge is -2.08. The summed E-state index contributed by atoms with van der Waals surface area (Å²) in [7, 11) is 0. The Morgan fingerprint density at radius 3 is 2.64 bits per heavy atom. The number of carbonyl (C=O) groups is 1. The first-order chi connectivity index (χ1) is 13.7. The molecule has 0 radical (unpaired) electrons. The van der Waals surface area contributed by atoms with E-state index in [4.69, 9.17) is 0 Å². The number of nitrogens with one attached hydrogen (secondary N) is 1. The summed E-state index contributed by atoms with van der Waals surface area (Å²) in [6, 6.07) is 13.3. The molecule has 3 heterocycles. The summed E-state index contributed by atoms with van der Waals surface area (Å²) in [5, 5.41) is 10.4. The molecule has 4 aromatic rings. The minimum atomic E-state index is -0.184. The molecule has 140 valence electrons. The Bertz CT molecular complexity index is 1100. The lowest BCUT2D eigenvalue weighted by atomic mass is 10.1. The van der Waals surface area contributed by atoms with Gasteiger partial charge in [0.15, 0.2) is 5.82 Å². The van der Waals surface area contributed by atoms with Crippen molar-refractivity contribution in [3.05, 3.63) is 76.5 Å². The van der Waals surface area contributed by atoms with Crippen LogP contribution in [0, 0.1) is 6.92 Å². The van der Waals surface area contributed by atoms with Crippen LogP contribution in [0.3, 0.4) is 0 Å². The maximum Gasteiger partial charge on any atom is 0.259 e. The molecule has 0 saturated heterocycles. The Morgan fingerprint density at radius 1 is 1.18 bits per heavy atom. The van der Waals surface area contributed by atoms with E-state index >= 15 is 0 Å². The number of aromatic nitrogens is 4. The number of pyridine rings is 1. The molecule has 0 unspecified atom stereocenters. The second-order valence-electron chi connectivity index (χ2n) is 6.24. The van der Waals surface area contributed by atoms with E-state index in [0.717, 1.165) is 27.6 Å². The third-order valence-corrected chi connectivity index (χ3v) is 5.15. The first-order valence-corrected chi connectivity index (χ1v) is 9.86. The minimum Gasteiger partial charge on any atom is -0.322 e. The van der Waals surface area contributed by atoms with Crippen LogP contribution in [0.25, 0.3) is 17.1 Å². The predicted molar refractivity (Wildman–Crippen MR) is 111 cm³/mol. The largest absolute Gasteiger partial charge is 0.322 e. The van der Waals surface area contributed by atoms with Gasteiger partial charge in [-0.1, -0.05) is 25.1 Å². The van der Waals surface area contributed by atoms with Crippen LogP contribution < -0.4 is 5.32 Å². The number of aryl methyl sites for hydroxylation is 1. The molecule has 28 heavy (non-hydrogen) atoms. The Balaban J connectivity index is 1.55. The topological polar surface area (TPSA) is 72.7 Å². The van der Waals surface area contributed by atoms with Crippen molar-refractivity contribution >= 4 is 22.9 Å². The van der Waals surface area contributed by atoms with Crippen molar-refractivity contribution in [2.24, 2.45) is 0 Å². The number of amides is 1. The normalized spacial score (nSPS) is 10.8. The van der Waals surface area contributed by atoms with Gasteiger partial charge in [-0.25, -0.2) is 14.6 Å². The van der Waals surface area contributed by atoms with Gasteiger partial charge in [-0.3, -0.25) is 4.79 Å². The fraction of sp³-hybridized carbons (Fsp3) is 0.143. The van der Waals surface area contributed by atoms with Crippen LogP contribution in [0.4, 0.5) is 5.69 Å². The fourth-order valence-electron chi connectivity index (χ4n) is 3.00. The first-order valence-electron chi connectivity index (χ1n) is 8.98. The van der Waals surface area contributed by atoms with E-state index in [-0.39, 0.29) is 5.91 Å². The van der Waals surface area contributed by atoms with Gasteiger partial charge < -0.3 is 5.32 Å². The quantitative estimate of drug-likeness (QED) is 0.545. The van der Waals surface area contributed by atoms with E-state index in [1.807, 2.05) is 61.7 Å². The van der Waals surface area contributed by atoms with Gasteiger partial charge in [0.05, 0.1) is 28.2 Å². The molecule has 0 spiro atoms. The maximum absolute atomic E-state index is 12.8. The second-order valence-corrected chi connectivity index (χ2v) is 7.30. The highest BCUT2D eigenvalue weighted by Gasteiger charge is 2.18. The van der Waals surface area contributed by atoms with Gasteiger partial charge in [0.1, 0.15) is 0 Å². The molecule has 4 rings (SSSR count). The molecule has 3 aromatic heterocycles. The van der Waals surface area contributed by atoms with Crippen LogP contribution in [0.2, 0.25) is 0 Å². The zero-order valence-corrected chi connectivity index (χ0v) is 16.4. The predicted octanol–water partition coefficient (Wildman–Crippen LogP) is 4.51. The lowest BCUT2D eigenvalue weighted by Crippen LogP contribution is -2.14. The molecule has 0 fully saturated rings. The Labute approximate surface area is 166 Å². The van der Waals surface area contributed by atoms with Crippen LogP contribution >= 0.6 is 11.3 Å². The summed E-state index contributed by atoms with van der Waals surface area (Å²) < 4.78 is 1.71. The van der Waals surface area contributed by atoms with Crippen molar-refractivity contribution in [2.45, 2.75) is 20.3 Å². The summed E-state index contributed by atoms with van der Waals surface area (Å²) in [6.07, 6.45) is 3.97. The van der Waals surface area contributed by atoms with E-state index in [0.29, 0.717) is 17.8 Å². The van der Waals surface area contributed by atoms with Gasteiger partial charge in [-0.15, -0.1) is 11.3 Å². The molecule has 7 heteroatoms. The van der Waals surface area contributed by atoms with Gasteiger partial charge in [-0.2, -0.15) is 5.10 Å². The molecule has 1 N–H and O–H groups in total. The molecule has 0 bridgehead atoms. The summed E-state index contributed by atoms with van der Waals surface area (Å²) in [5.74, 6) is 0.512. The summed E-state index contributed by atoms with van der Waals surface area (Å²) in [5.41, 5.74) is 4.08. The number of hydrogen-bond donors (Lipinski definition) is 1. The number of benzene rings is 1. The molecule has 0 atom stereocenters. The van der Waals surface area contributed by atoms with Crippen molar-refractivity contribution in [3.63, 3.8) is 0 Å². The van der Waals surface area contributed by atoms with Gasteiger partial charge in [0, 0.05) is 22.8 Å². The molecule has 0 aliphatic heterocycles. The van der Waals surface area contributed by atoms with E-state index in [9.17, 15) is 4.79 Å². The number of carbonyl (C=O) groups excluding carboxylic acids is 1. The Morgan fingerprint density at radius 2 is 2.00 bits per heavy atom. The van der Waals surface area contributed by atoms with Crippen molar-refractivity contribution < 1.29 is 4.79 Å². The minimum absolute atomic E-state index is 0.184. The number of nitrogens with zero attached hydrogens (tertiary/aromatic N) is 4. The van der Waals surface area contributed by atoms with Crippen molar-refractivity contribution in [1.82, 2.24) is 19.7 Å². The fourth-order valence-corrected chi connectivity index (χ4v) is 3.62. The Hall–Kier alpha value is -3.32. The highest BCUT2D eigenvalue weighted by atomic mass is 32.1. The third-order valence-electron chi connectivity index (χ3n) is 4.37. The molecular formula is C21H19N5OS. The summed E-state index contributed by atoms with van der Waals surface area (Å²) >= 11 is 1.62. The van der Waals surface area contributed by atoms with Gasteiger partial charge >= 0.3 is 0 Å². The average molecular weight is 389 g/mol. The van der Waals surface area contributed by atoms with Crippen LogP contribution in [-0.4, -0.2) is 25.7 Å². The monoisotopic (exact) mass is 389 g/mol. The second kappa shape index (κ2) is 7.74. The smallest absolute Gasteiger partial charge is 0.259 e. The van der Waals surface area contributed by atoms with Crippen molar-refractivity contribution in [1.29, 1.82) is 0 Å². The molecule has 0 aliphatic rings. The zero-order chi connectivity index (χ0) is 19.5. The standard InChI is InChI=1S/C21H19N5OS/c1-3-19-17(12-23-26(19)20-6-4-5-11-22-20)21(27)25-16-9-7-15(8-10-16)18-13-28-14(2)24-18/h4-13H,3H2,1-2H3,(H,25,27). The highest BCUT2D eigenvalue weighted by Crippen LogP contribution is 2.23. The number of rotatable bonds is 5. The van der Waals surface area contributed by atoms with Crippen LogP contribution in [0.1, 0.15) is 28.0 Å². The van der Waals surface area contributed by atoms with E-state index in [2.05, 4.69) is 20.4 Å². The number of hydrogen-bond acceptors (Lipinski definition) is 5. The van der Waals surface area contributed by atoms with Gasteiger partial charge in [0.2, 0.25) is 0 Å². The first kappa shape index (κ1) is 18.1. The highest BCUT2D eigenvalue weighted by molar-refractivity contribution is 7.09. The summed E-state index contributed by atoms with van der Waals surface area (Å²) in [4.78, 5) is 21.6. The molecule has 0 saturated carbocycles. The van der Waals surface area contributed by atoms with Crippen molar-refractivity contribution in [2.75, 3.05) is 5.32 Å². The van der Waals surface area contributed by atoms with Crippen LogP contribution in [-0.2, 0) is 6.42 Å². The molecule has 6 nitrogen and oxygen atoms in total. The average Bonchev–Trinajstić information content (AvgIpc) is 3.35.